The highest BCUT2D eigenvalue weighted by molar-refractivity contribution is 6.37. The van der Waals surface area contributed by atoms with Crippen molar-refractivity contribution < 1.29 is 24.0 Å². The van der Waals surface area contributed by atoms with Gasteiger partial charge in [0.15, 0.2) is 0 Å². The average Bonchev–Trinajstić information content (AvgIpc) is 3.08. The zero-order chi connectivity index (χ0) is 24.8. The minimum absolute atomic E-state index is 0.0321. The lowest BCUT2D eigenvalue weighted by Crippen LogP contribution is -2.60. The molecule has 1 aliphatic heterocycles. The normalized spacial score (nSPS) is 24.9. The van der Waals surface area contributed by atoms with Crippen LogP contribution in [0.3, 0.4) is 0 Å². The Kier molecular flexibility index (Phi) is 9.01. The second-order valence-corrected chi connectivity index (χ2v) is 9.57. The molecule has 0 aromatic carbocycles. The highest BCUT2D eigenvalue weighted by atomic mass is 16.2. The van der Waals surface area contributed by atoms with E-state index in [0.717, 1.165) is 32.1 Å². The number of hydrogen-bond donors (Lipinski definition) is 4. The molecule has 2 rings (SSSR count). The summed E-state index contributed by atoms with van der Waals surface area (Å²) in [5.74, 6) is -2.59. The third kappa shape index (κ3) is 6.33. The van der Waals surface area contributed by atoms with Crippen LogP contribution in [-0.4, -0.2) is 66.2 Å². The number of carbonyl (C=O) groups excluding carboxylic acids is 5. The van der Waals surface area contributed by atoms with Gasteiger partial charge in [0.1, 0.15) is 12.1 Å². The van der Waals surface area contributed by atoms with E-state index in [1.807, 2.05) is 20.8 Å². The van der Waals surface area contributed by atoms with Gasteiger partial charge in [0, 0.05) is 13.1 Å². The number of hydrogen-bond acceptors (Lipinski definition) is 5. The number of amides is 5. The van der Waals surface area contributed by atoms with Crippen molar-refractivity contribution in [1.29, 1.82) is 0 Å². The van der Waals surface area contributed by atoms with E-state index in [9.17, 15) is 24.0 Å². The highest BCUT2D eigenvalue weighted by Gasteiger charge is 2.49. The van der Waals surface area contributed by atoms with Crippen molar-refractivity contribution >= 4 is 29.5 Å². The molecule has 0 aromatic heterocycles. The van der Waals surface area contributed by atoms with E-state index in [1.165, 1.54) is 11.0 Å². The van der Waals surface area contributed by atoms with Gasteiger partial charge in [-0.05, 0) is 30.1 Å². The van der Waals surface area contributed by atoms with Crippen molar-refractivity contribution in [3.05, 3.63) is 12.7 Å². The fraction of sp³-hybridized carbons (Fsp3) is 0.696. The van der Waals surface area contributed by atoms with E-state index >= 15 is 0 Å². The number of nitrogens with zero attached hydrogens (tertiary/aromatic N) is 1. The van der Waals surface area contributed by atoms with Crippen LogP contribution in [0.4, 0.5) is 4.79 Å². The molecule has 2 fully saturated rings. The van der Waals surface area contributed by atoms with E-state index in [4.69, 9.17) is 5.73 Å². The van der Waals surface area contributed by atoms with Crippen molar-refractivity contribution in [2.45, 2.75) is 65.0 Å². The second-order valence-electron chi connectivity index (χ2n) is 9.57. The summed E-state index contributed by atoms with van der Waals surface area (Å²) >= 11 is 0. The SMILES string of the molecule is C=CCNC(=O)C(=O)CNC(=O)[C@@H]1[C@@H](C)[C@@H](C)CN1C(=O)[C@@H](NC(N)=O)C1(C)CCCCC1. The third-order valence-electron chi connectivity index (χ3n) is 7.08. The van der Waals surface area contributed by atoms with Gasteiger partial charge in [0.05, 0.1) is 6.54 Å². The van der Waals surface area contributed by atoms with Gasteiger partial charge in [-0.25, -0.2) is 4.79 Å². The van der Waals surface area contributed by atoms with Gasteiger partial charge >= 0.3 is 6.03 Å². The molecular formula is C23H37N5O5. The van der Waals surface area contributed by atoms with Gasteiger partial charge in [0.25, 0.3) is 5.91 Å². The standard InChI is InChI=1S/C23H37N5O5/c1-5-11-25-19(30)16(29)12-26-20(31)17-15(3)14(2)13-28(17)21(32)18(27-22(24)33)23(4)9-7-6-8-10-23/h5,14-15,17-18H,1,6-13H2,2-4H3,(H,25,30)(H,26,31)(H3,24,27,33)/t14-,15-,17-,18+/m0/s1. The largest absolute Gasteiger partial charge is 0.352 e. The zero-order valence-corrected chi connectivity index (χ0v) is 19.8. The molecule has 10 nitrogen and oxygen atoms in total. The number of primary amides is 1. The van der Waals surface area contributed by atoms with Crippen molar-refractivity contribution in [3.8, 4) is 0 Å². The molecule has 1 saturated carbocycles. The summed E-state index contributed by atoms with van der Waals surface area (Å²) in [5, 5.41) is 7.51. The van der Waals surface area contributed by atoms with Crippen LogP contribution in [0.25, 0.3) is 0 Å². The first-order chi connectivity index (χ1) is 15.5. The maximum atomic E-state index is 13.7. The fourth-order valence-corrected chi connectivity index (χ4v) is 4.90. The second kappa shape index (κ2) is 11.3. The van der Waals surface area contributed by atoms with Gasteiger partial charge in [-0.1, -0.05) is 46.1 Å². The van der Waals surface area contributed by atoms with Gasteiger partial charge in [-0.3, -0.25) is 19.2 Å². The highest BCUT2D eigenvalue weighted by Crippen LogP contribution is 2.41. The van der Waals surface area contributed by atoms with Gasteiger partial charge in [0.2, 0.25) is 17.6 Å². The summed E-state index contributed by atoms with van der Waals surface area (Å²) in [5.41, 5.74) is 4.95. The molecule has 0 radical (unpaired) electrons. The molecule has 4 atom stereocenters. The first-order valence-electron chi connectivity index (χ1n) is 11.6. The van der Waals surface area contributed by atoms with Gasteiger partial charge < -0.3 is 26.6 Å². The van der Waals surface area contributed by atoms with Crippen molar-refractivity contribution in [2.24, 2.45) is 23.0 Å². The molecule has 1 aliphatic carbocycles. The first-order valence-corrected chi connectivity index (χ1v) is 11.6. The number of urea groups is 1. The molecule has 2 aliphatic rings. The molecule has 184 valence electrons. The number of Topliss-reactive ketones (excluding diaryl/α,β-unsaturated/α-hetero) is 1. The molecule has 1 heterocycles. The monoisotopic (exact) mass is 463 g/mol. The minimum atomic E-state index is -0.839. The smallest absolute Gasteiger partial charge is 0.312 e. The molecule has 10 heteroatoms. The van der Waals surface area contributed by atoms with Crippen LogP contribution < -0.4 is 21.7 Å². The Bertz CT molecular complexity index is 792. The average molecular weight is 464 g/mol. The molecule has 0 unspecified atom stereocenters. The zero-order valence-electron chi connectivity index (χ0n) is 19.8. The van der Waals surface area contributed by atoms with E-state index < -0.39 is 47.7 Å². The summed E-state index contributed by atoms with van der Waals surface area (Å²) in [4.78, 5) is 63.7. The van der Waals surface area contributed by atoms with Gasteiger partial charge in [-0.2, -0.15) is 0 Å². The molecule has 33 heavy (non-hydrogen) atoms. The van der Waals surface area contributed by atoms with Crippen LogP contribution in [0.2, 0.25) is 0 Å². The number of carbonyl (C=O) groups is 5. The molecule has 0 bridgehead atoms. The number of ketones is 1. The Morgan fingerprint density at radius 1 is 1.12 bits per heavy atom. The van der Waals surface area contributed by atoms with Crippen LogP contribution in [0.15, 0.2) is 12.7 Å². The van der Waals surface area contributed by atoms with E-state index in [0.29, 0.717) is 6.54 Å². The Morgan fingerprint density at radius 3 is 2.33 bits per heavy atom. The lowest BCUT2D eigenvalue weighted by atomic mass is 9.70. The van der Waals surface area contributed by atoms with Crippen LogP contribution in [0.1, 0.15) is 52.9 Å². The lowest BCUT2D eigenvalue weighted by Gasteiger charge is -2.42. The van der Waals surface area contributed by atoms with E-state index in [2.05, 4.69) is 22.5 Å². The summed E-state index contributed by atoms with van der Waals surface area (Å²) in [7, 11) is 0. The molecule has 0 spiro atoms. The van der Waals surface area contributed by atoms with Crippen LogP contribution in [0, 0.1) is 17.3 Å². The molecule has 5 amide bonds. The summed E-state index contributed by atoms with van der Waals surface area (Å²) < 4.78 is 0. The molecular weight excluding hydrogens is 426 g/mol. The Labute approximate surface area is 195 Å². The van der Waals surface area contributed by atoms with E-state index in [1.54, 1.807) is 0 Å². The summed E-state index contributed by atoms with van der Waals surface area (Å²) in [6, 6.07) is -2.44. The number of nitrogens with two attached hydrogens (primary N) is 1. The Morgan fingerprint density at radius 2 is 1.76 bits per heavy atom. The van der Waals surface area contributed by atoms with Crippen molar-refractivity contribution in [2.75, 3.05) is 19.6 Å². The van der Waals surface area contributed by atoms with Gasteiger partial charge in [-0.15, -0.1) is 6.58 Å². The molecule has 0 aromatic rings. The number of likely N-dealkylation sites (tertiary alicyclic amines) is 1. The quantitative estimate of drug-likeness (QED) is 0.289. The summed E-state index contributed by atoms with van der Waals surface area (Å²) in [6.45, 7) is 9.28. The predicted molar refractivity (Wildman–Crippen MR) is 123 cm³/mol. The lowest BCUT2D eigenvalue weighted by molar-refractivity contribution is -0.144. The Hall–Kier alpha value is -2.91. The molecule has 5 N–H and O–H groups in total. The topological polar surface area (TPSA) is 151 Å². The minimum Gasteiger partial charge on any atom is -0.352 e. The number of rotatable bonds is 9. The predicted octanol–water partition coefficient (Wildman–Crippen LogP) is 0.464. The van der Waals surface area contributed by atoms with Crippen molar-refractivity contribution in [3.63, 3.8) is 0 Å². The van der Waals surface area contributed by atoms with Crippen LogP contribution >= 0.6 is 0 Å². The fourth-order valence-electron chi connectivity index (χ4n) is 4.90. The maximum Gasteiger partial charge on any atom is 0.312 e. The summed E-state index contributed by atoms with van der Waals surface area (Å²) in [6.07, 6.45) is 5.96. The molecule has 1 saturated heterocycles. The van der Waals surface area contributed by atoms with Crippen LogP contribution in [0.5, 0.6) is 0 Å². The first kappa shape index (κ1) is 26.3. The third-order valence-corrected chi connectivity index (χ3v) is 7.08. The Balaban J connectivity index is 2.18. The van der Waals surface area contributed by atoms with Crippen molar-refractivity contribution in [1.82, 2.24) is 20.9 Å². The number of nitrogens with one attached hydrogen (secondary N) is 3. The van der Waals surface area contributed by atoms with E-state index in [-0.39, 0.29) is 24.3 Å². The van der Waals surface area contributed by atoms with Crippen LogP contribution in [-0.2, 0) is 19.2 Å². The maximum absolute atomic E-state index is 13.7.